The van der Waals surface area contributed by atoms with Gasteiger partial charge in [-0.05, 0) is 0 Å². The molecular formula is C16H18N2O6S. The van der Waals surface area contributed by atoms with Crippen LogP contribution >= 0.6 is 11.3 Å². The van der Waals surface area contributed by atoms with Gasteiger partial charge in [-0.3, -0.25) is 4.79 Å². The Morgan fingerprint density at radius 3 is 2.56 bits per heavy atom. The van der Waals surface area contributed by atoms with Gasteiger partial charge in [0, 0.05) is 5.56 Å². The molecule has 0 spiro atoms. The minimum absolute atomic E-state index is 0.181. The first kappa shape index (κ1) is 17.9. The number of ketones is 1. The van der Waals surface area contributed by atoms with E-state index in [1.165, 1.54) is 6.20 Å². The number of carbonyl (C=O) groups is 1. The first-order valence-corrected chi connectivity index (χ1v) is 8.45. The van der Waals surface area contributed by atoms with Gasteiger partial charge in [-0.15, -0.1) is 0 Å². The van der Waals surface area contributed by atoms with Gasteiger partial charge >= 0.3 is 0 Å². The summed E-state index contributed by atoms with van der Waals surface area (Å²) in [6, 6.07) is 8.75. The molecule has 25 heavy (non-hydrogen) atoms. The molecule has 134 valence electrons. The normalized spacial score (nSPS) is 29.4. The van der Waals surface area contributed by atoms with Gasteiger partial charge in [0.15, 0.2) is 11.4 Å². The molecular weight excluding hydrogens is 348 g/mol. The molecule has 1 fully saturated rings. The van der Waals surface area contributed by atoms with Crippen LogP contribution < -0.4 is 5.32 Å². The van der Waals surface area contributed by atoms with Crippen LogP contribution in [0.5, 0.6) is 0 Å². The van der Waals surface area contributed by atoms with Gasteiger partial charge in [-0.2, -0.15) is 0 Å². The highest BCUT2D eigenvalue weighted by Gasteiger charge is 2.43. The van der Waals surface area contributed by atoms with Crippen LogP contribution in [0.15, 0.2) is 36.5 Å². The van der Waals surface area contributed by atoms with Gasteiger partial charge < -0.3 is 30.5 Å². The Morgan fingerprint density at radius 2 is 1.88 bits per heavy atom. The van der Waals surface area contributed by atoms with Crippen molar-refractivity contribution in [2.24, 2.45) is 0 Å². The third-order valence-corrected chi connectivity index (χ3v) is 4.85. The Hall–Kier alpha value is -1.88. The fraction of sp³-hybridized carbons (Fsp3) is 0.375. The summed E-state index contributed by atoms with van der Waals surface area (Å²) in [6.07, 6.45) is -5.01. The van der Waals surface area contributed by atoms with Gasteiger partial charge in [0.05, 0.1) is 17.7 Å². The van der Waals surface area contributed by atoms with Crippen molar-refractivity contribution in [3.63, 3.8) is 0 Å². The maximum Gasteiger partial charge on any atom is 0.204 e. The zero-order valence-corrected chi connectivity index (χ0v) is 13.8. The molecule has 5 atom stereocenters. The topological polar surface area (TPSA) is 132 Å². The lowest BCUT2D eigenvalue weighted by atomic mass is 9.98. The molecule has 1 aromatic heterocycles. The van der Waals surface area contributed by atoms with E-state index < -0.39 is 37.3 Å². The predicted octanol–water partition coefficient (Wildman–Crippen LogP) is -0.414. The third kappa shape index (κ3) is 3.71. The number of hydrogen-bond acceptors (Lipinski definition) is 9. The summed E-state index contributed by atoms with van der Waals surface area (Å²) < 4.78 is 5.35. The average molecular weight is 366 g/mol. The average Bonchev–Trinajstić information content (AvgIpc) is 3.11. The van der Waals surface area contributed by atoms with Crippen molar-refractivity contribution in [2.45, 2.75) is 30.6 Å². The van der Waals surface area contributed by atoms with Crippen LogP contribution in [0.4, 0.5) is 5.13 Å². The van der Waals surface area contributed by atoms with E-state index in [-0.39, 0.29) is 5.78 Å². The van der Waals surface area contributed by atoms with Gasteiger partial charge in [0.1, 0.15) is 24.4 Å². The number of anilines is 1. The van der Waals surface area contributed by atoms with Crippen molar-refractivity contribution in [1.29, 1.82) is 0 Å². The van der Waals surface area contributed by atoms with Crippen LogP contribution in [0.2, 0.25) is 0 Å². The molecule has 1 saturated heterocycles. The van der Waals surface area contributed by atoms with Crippen molar-refractivity contribution >= 4 is 22.3 Å². The lowest BCUT2D eigenvalue weighted by Crippen LogP contribution is -2.60. The number of aliphatic hydroxyl groups excluding tert-OH is 4. The molecule has 0 bridgehead atoms. The number of thiazole rings is 1. The van der Waals surface area contributed by atoms with Crippen molar-refractivity contribution < 1.29 is 30.0 Å². The third-order valence-electron chi connectivity index (χ3n) is 3.92. The van der Waals surface area contributed by atoms with E-state index in [0.717, 1.165) is 11.3 Å². The van der Waals surface area contributed by atoms with Gasteiger partial charge in [0.2, 0.25) is 5.78 Å². The standard InChI is InChI=1S/C16H18N2O6S/c19-7-9-12(21)13(22)14(23)15(24-9)18-16-17-6-10(25-16)11(20)8-4-2-1-3-5-8/h1-6,9,12-15,19,21-23H,7H2,(H,17,18)/t9-,12-,13+,14+,15+/m1/s1. The number of aliphatic hydroxyl groups is 4. The highest BCUT2D eigenvalue weighted by Crippen LogP contribution is 2.26. The van der Waals surface area contributed by atoms with Gasteiger partial charge in [0.25, 0.3) is 0 Å². The zero-order chi connectivity index (χ0) is 18.0. The Labute approximate surface area is 147 Å². The van der Waals surface area contributed by atoms with Crippen molar-refractivity contribution in [2.75, 3.05) is 11.9 Å². The summed E-state index contributed by atoms with van der Waals surface area (Å²) in [5, 5.41) is 41.8. The molecule has 0 saturated carbocycles. The Bertz CT molecular complexity index is 722. The van der Waals surface area contributed by atoms with Crippen LogP contribution in [-0.4, -0.2) is 68.4 Å². The molecule has 5 N–H and O–H groups in total. The van der Waals surface area contributed by atoms with Crippen LogP contribution in [0, 0.1) is 0 Å². The molecule has 1 aliphatic heterocycles. The highest BCUT2D eigenvalue weighted by atomic mass is 32.1. The summed E-state index contributed by atoms with van der Waals surface area (Å²) in [6.45, 7) is -0.515. The number of carbonyl (C=O) groups excluding carboxylic acids is 1. The Morgan fingerprint density at radius 1 is 1.16 bits per heavy atom. The molecule has 1 aromatic carbocycles. The summed E-state index contributed by atoms with van der Waals surface area (Å²) in [5.74, 6) is -0.181. The SMILES string of the molecule is O=C(c1ccccc1)c1cnc(N[C@H]2O[C@H](CO)[C@@H](O)[C@H](O)[C@@H]2O)s1. The largest absolute Gasteiger partial charge is 0.394 e. The minimum atomic E-state index is -1.48. The quantitative estimate of drug-likeness (QED) is 0.451. The van der Waals surface area contributed by atoms with E-state index in [0.29, 0.717) is 15.6 Å². The second-order valence-electron chi connectivity index (χ2n) is 5.62. The van der Waals surface area contributed by atoms with E-state index >= 15 is 0 Å². The van der Waals surface area contributed by atoms with Crippen molar-refractivity contribution in [3.05, 3.63) is 47.0 Å². The Kier molecular flexibility index (Phi) is 5.42. The summed E-state index contributed by atoms with van der Waals surface area (Å²) in [7, 11) is 0. The fourth-order valence-electron chi connectivity index (χ4n) is 2.52. The van der Waals surface area contributed by atoms with Gasteiger partial charge in [-0.1, -0.05) is 41.7 Å². The molecule has 8 nitrogen and oxygen atoms in total. The minimum Gasteiger partial charge on any atom is -0.394 e. The first-order valence-electron chi connectivity index (χ1n) is 7.64. The molecule has 2 aromatic rings. The van der Waals surface area contributed by atoms with Crippen LogP contribution in [-0.2, 0) is 4.74 Å². The van der Waals surface area contributed by atoms with Crippen molar-refractivity contribution in [3.8, 4) is 0 Å². The predicted molar refractivity (Wildman–Crippen MR) is 89.4 cm³/mol. The smallest absolute Gasteiger partial charge is 0.204 e. The van der Waals surface area contributed by atoms with E-state index in [1.807, 2.05) is 6.07 Å². The monoisotopic (exact) mass is 366 g/mol. The number of aromatic nitrogens is 1. The number of nitrogens with zero attached hydrogens (tertiary/aromatic N) is 1. The molecule has 2 heterocycles. The van der Waals surface area contributed by atoms with Gasteiger partial charge in [-0.25, -0.2) is 4.98 Å². The zero-order valence-electron chi connectivity index (χ0n) is 13.0. The summed E-state index contributed by atoms with van der Waals surface area (Å²) in [4.78, 5) is 16.8. The molecule has 9 heteroatoms. The van der Waals surface area contributed by atoms with E-state index in [1.54, 1.807) is 24.3 Å². The molecule has 1 aliphatic rings. The molecule has 3 rings (SSSR count). The number of hydrogen-bond donors (Lipinski definition) is 5. The lowest BCUT2D eigenvalue weighted by Gasteiger charge is -2.40. The van der Waals surface area contributed by atoms with Crippen LogP contribution in [0.25, 0.3) is 0 Å². The lowest BCUT2D eigenvalue weighted by molar-refractivity contribution is -0.221. The number of rotatable bonds is 5. The molecule has 0 unspecified atom stereocenters. The maximum atomic E-state index is 12.4. The number of ether oxygens (including phenoxy) is 1. The first-order chi connectivity index (χ1) is 12.0. The van der Waals surface area contributed by atoms with E-state index in [4.69, 9.17) is 4.74 Å². The second-order valence-corrected chi connectivity index (χ2v) is 6.65. The fourth-order valence-corrected chi connectivity index (χ4v) is 3.32. The highest BCUT2D eigenvalue weighted by molar-refractivity contribution is 7.17. The Balaban J connectivity index is 1.72. The number of nitrogens with one attached hydrogen (secondary N) is 1. The second kappa shape index (κ2) is 7.56. The van der Waals surface area contributed by atoms with E-state index in [2.05, 4.69) is 10.3 Å². The molecule has 0 amide bonds. The molecule has 0 radical (unpaired) electrons. The van der Waals surface area contributed by atoms with Crippen LogP contribution in [0.1, 0.15) is 15.2 Å². The summed E-state index contributed by atoms with van der Waals surface area (Å²) in [5.41, 5.74) is 0.533. The van der Waals surface area contributed by atoms with Crippen molar-refractivity contribution in [1.82, 2.24) is 4.98 Å². The summed E-state index contributed by atoms with van der Waals surface area (Å²) >= 11 is 1.07. The maximum absolute atomic E-state index is 12.4. The number of benzene rings is 1. The van der Waals surface area contributed by atoms with E-state index in [9.17, 15) is 25.2 Å². The molecule has 0 aliphatic carbocycles. The van der Waals surface area contributed by atoms with Crippen LogP contribution in [0.3, 0.4) is 0 Å².